The molecule has 180 valence electrons. The molecule has 2 aliphatic rings. The number of carbonyl (C=O) groups is 1. The van der Waals surface area contributed by atoms with E-state index in [2.05, 4.69) is 37.1 Å². The third-order valence-corrected chi connectivity index (χ3v) is 8.29. The number of rotatable bonds is 4. The molecule has 0 bridgehead atoms. The summed E-state index contributed by atoms with van der Waals surface area (Å²) in [5.41, 5.74) is 4.66. The Hall–Kier alpha value is -2.67. The maximum absolute atomic E-state index is 13.0. The number of aryl methyl sites for hydroxylation is 4. The van der Waals surface area contributed by atoms with Crippen molar-refractivity contribution >= 4 is 39.1 Å². The molecule has 5 rings (SSSR count). The van der Waals surface area contributed by atoms with Gasteiger partial charge in [-0.25, -0.2) is 14.8 Å². The first-order valence-corrected chi connectivity index (χ1v) is 13.4. The van der Waals surface area contributed by atoms with Gasteiger partial charge in [-0.1, -0.05) is 31.5 Å². The Morgan fingerprint density at radius 3 is 2.71 bits per heavy atom. The molecular weight excluding hydrogens is 442 g/mol. The summed E-state index contributed by atoms with van der Waals surface area (Å²) in [5.74, 6) is 2.79. The highest BCUT2D eigenvalue weighted by Crippen LogP contribution is 2.41. The predicted molar refractivity (Wildman–Crippen MR) is 141 cm³/mol. The van der Waals surface area contributed by atoms with Crippen LogP contribution in [0.3, 0.4) is 0 Å². The molecule has 0 saturated carbocycles. The maximum Gasteiger partial charge on any atom is 0.321 e. The zero-order chi connectivity index (χ0) is 23.8. The molecule has 1 N–H and O–H groups in total. The van der Waals surface area contributed by atoms with E-state index < -0.39 is 0 Å². The summed E-state index contributed by atoms with van der Waals surface area (Å²) in [7, 11) is 0. The first-order valence-electron chi connectivity index (χ1n) is 12.6. The molecule has 1 aromatic carbocycles. The quantitative estimate of drug-likeness (QED) is 0.521. The van der Waals surface area contributed by atoms with Crippen LogP contribution < -0.4 is 10.2 Å². The molecule has 0 radical (unpaired) electrons. The van der Waals surface area contributed by atoms with Crippen molar-refractivity contribution in [2.75, 3.05) is 36.4 Å². The minimum Gasteiger partial charge on any atom is -0.352 e. The molecule has 2 amide bonds. The van der Waals surface area contributed by atoms with Gasteiger partial charge in [-0.2, -0.15) is 0 Å². The minimum absolute atomic E-state index is 0.0204. The molecule has 1 saturated heterocycles. The number of aromatic nitrogens is 2. The molecule has 7 heteroatoms. The summed E-state index contributed by atoms with van der Waals surface area (Å²) >= 11 is 1.88. The summed E-state index contributed by atoms with van der Waals surface area (Å²) in [6, 6.07) is 6.11. The number of anilines is 2. The van der Waals surface area contributed by atoms with E-state index in [-0.39, 0.29) is 6.03 Å². The summed E-state index contributed by atoms with van der Waals surface area (Å²) < 4.78 is 0. The van der Waals surface area contributed by atoms with Crippen molar-refractivity contribution in [3.8, 4) is 0 Å². The van der Waals surface area contributed by atoms with Gasteiger partial charge in [0.25, 0.3) is 0 Å². The normalized spacial score (nSPS) is 18.3. The zero-order valence-electron chi connectivity index (χ0n) is 20.8. The van der Waals surface area contributed by atoms with Crippen LogP contribution in [0.15, 0.2) is 18.2 Å². The summed E-state index contributed by atoms with van der Waals surface area (Å²) in [6.07, 6.45) is 5.46. The lowest BCUT2D eigenvalue weighted by molar-refractivity contribution is 0.208. The van der Waals surface area contributed by atoms with E-state index in [1.54, 1.807) is 0 Å². The second-order valence-corrected chi connectivity index (χ2v) is 11.1. The Kier molecular flexibility index (Phi) is 6.47. The van der Waals surface area contributed by atoms with Gasteiger partial charge in [-0.15, -0.1) is 11.3 Å². The smallest absolute Gasteiger partial charge is 0.321 e. The van der Waals surface area contributed by atoms with E-state index in [4.69, 9.17) is 9.97 Å². The molecule has 6 nitrogen and oxygen atoms in total. The molecule has 0 unspecified atom stereocenters. The largest absolute Gasteiger partial charge is 0.352 e. The standard InChI is InChI=1S/C27H35N5OS/c1-5-6-23-29-25(24-20-9-7-18(3)16-22(20)34-26(24)30-23)31-11-13-32(14-12-31)27(33)28-21-10-8-17(2)15-19(21)4/h8,10,15,18H,5-7,9,11-14,16H2,1-4H3,(H,28,33)/t18-/m0/s1. The van der Waals surface area contributed by atoms with Crippen LogP contribution in [0, 0.1) is 19.8 Å². The summed E-state index contributed by atoms with van der Waals surface area (Å²) in [6.45, 7) is 11.6. The third-order valence-electron chi connectivity index (χ3n) is 7.15. The highest BCUT2D eigenvalue weighted by atomic mass is 32.1. The SMILES string of the molecule is CCCc1nc(N2CCN(C(=O)Nc3ccc(C)cc3C)CC2)c2c3c(sc2n1)C[C@@H](C)CC3. The highest BCUT2D eigenvalue weighted by molar-refractivity contribution is 7.19. The fourth-order valence-electron chi connectivity index (χ4n) is 5.20. The minimum atomic E-state index is -0.0204. The number of hydrogen-bond donors (Lipinski definition) is 1. The highest BCUT2D eigenvalue weighted by Gasteiger charge is 2.28. The fraction of sp³-hybridized carbons (Fsp3) is 0.519. The topological polar surface area (TPSA) is 61.4 Å². The number of nitrogens with zero attached hydrogens (tertiary/aromatic N) is 4. The van der Waals surface area contributed by atoms with Gasteiger partial charge in [-0.3, -0.25) is 0 Å². The number of piperazine rings is 1. The number of benzene rings is 1. The Morgan fingerprint density at radius 2 is 1.97 bits per heavy atom. The molecule has 1 aliphatic heterocycles. The maximum atomic E-state index is 13.0. The Morgan fingerprint density at radius 1 is 1.18 bits per heavy atom. The van der Waals surface area contributed by atoms with Gasteiger partial charge in [0.1, 0.15) is 16.5 Å². The van der Waals surface area contributed by atoms with Crippen LogP contribution in [-0.4, -0.2) is 47.1 Å². The molecular formula is C27H35N5OS. The van der Waals surface area contributed by atoms with Crippen molar-refractivity contribution in [1.82, 2.24) is 14.9 Å². The first-order chi connectivity index (χ1) is 16.4. The average Bonchev–Trinajstić information content (AvgIpc) is 3.18. The molecule has 1 fully saturated rings. The van der Waals surface area contributed by atoms with E-state index >= 15 is 0 Å². The van der Waals surface area contributed by atoms with Gasteiger partial charge >= 0.3 is 6.03 Å². The second kappa shape index (κ2) is 9.53. The third kappa shape index (κ3) is 4.50. The molecule has 3 heterocycles. The number of thiophene rings is 1. The van der Waals surface area contributed by atoms with Gasteiger partial charge in [0.05, 0.1) is 5.39 Å². The van der Waals surface area contributed by atoms with Crippen LogP contribution >= 0.6 is 11.3 Å². The first kappa shape index (κ1) is 23.1. The molecule has 1 aliphatic carbocycles. The van der Waals surface area contributed by atoms with E-state index in [0.717, 1.165) is 72.4 Å². The number of carbonyl (C=O) groups excluding carboxylic acids is 1. The lowest BCUT2D eigenvalue weighted by Crippen LogP contribution is -2.50. The molecule has 3 aromatic rings. The molecule has 2 aromatic heterocycles. The monoisotopic (exact) mass is 477 g/mol. The van der Waals surface area contributed by atoms with Gasteiger partial charge in [0.15, 0.2) is 0 Å². The van der Waals surface area contributed by atoms with Crippen molar-refractivity contribution < 1.29 is 4.79 Å². The van der Waals surface area contributed by atoms with E-state index in [1.165, 1.54) is 27.8 Å². The van der Waals surface area contributed by atoms with Crippen LogP contribution in [-0.2, 0) is 19.3 Å². The van der Waals surface area contributed by atoms with Crippen LogP contribution in [0.2, 0.25) is 0 Å². The Bertz CT molecular complexity index is 1210. The lowest BCUT2D eigenvalue weighted by atomic mass is 9.89. The van der Waals surface area contributed by atoms with Crippen LogP contribution in [0.1, 0.15) is 54.1 Å². The van der Waals surface area contributed by atoms with Crippen molar-refractivity contribution in [2.45, 2.75) is 59.8 Å². The Balaban J connectivity index is 1.36. The molecule has 34 heavy (non-hydrogen) atoms. The van der Waals surface area contributed by atoms with Crippen molar-refractivity contribution in [3.05, 3.63) is 45.6 Å². The second-order valence-electron chi connectivity index (χ2n) is 9.97. The van der Waals surface area contributed by atoms with Crippen molar-refractivity contribution in [2.24, 2.45) is 5.92 Å². The van der Waals surface area contributed by atoms with Gasteiger partial charge in [-0.05, 0) is 62.6 Å². The predicted octanol–water partition coefficient (Wildman–Crippen LogP) is 5.74. The van der Waals surface area contributed by atoms with Crippen molar-refractivity contribution in [1.29, 1.82) is 0 Å². The number of hydrogen-bond acceptors (Lipinski definition) is 5. The number of urea groups is 1. The Labute approximate surface area is 206 Å². The van der Waals surface area contributed by atoms with Gasteiger partial charge in [0, 0.05) is 43.2 Å². The zero-order valence-corrected chi connectivity index (χ0v) is 21.6. The van der Waals surface area contributed by atoms with Crippen LogP contribution in [0.25, 0.3) is 10.2 Å². The lowest BCUT2D eigenvalue weighted by Gasteiger charge is -2.36. The van der Waals surface area contributed by atoms with E-state index in [9.17, 15) is 4.79 Å². The summed E-state index contributed by atoms with van der Waals surface area (Å²) in [4.78, 5) is 30.0. The van der Waals surface area contributed by atoms with Crippen LogP contribution in [0.5, 0.6) is 0 Å². The number of amides is 2. The summed E-state index contributed by atoms with van der Waals surface area (Å²) in [5, 5.41) is 4.38. The van der Waals surface area contributed by atoms with E-state index in [0.29, 0.717) is 13.1 Å². The van der Waals surface area contributed by atoms with E-state index in [1.807, 2.05) is 35.3 Å². The fourth-order valence-corrected chi connectivity index (χ4v) is 6.60. The number of nitrogens with one attached hydrogen (secondary N) is 1. The average molecular weight is 478 g/mol. The van der Waals surface area contributed by atoms with Crippen LogP contribution in [0.4, 0.5) is 16.3 Å². The number of fused-ring (bicyclic) bond motifs is 3. The van der Waals surface area contributed by atoms with Gasteiger partial charge in [0.2, 0.25) is 0 Å². The molecule has 1 atom stereocenters. The van der Waals surface area contributed by atoms with Crippen molar-refractivity contribution in [3.63, 3.8) is 0 Å². The molecule has 0 spiro atoms. The van der Waals surface area contributed by atoms with Gasteiger partial charge < -0.3 is 15.1 Å².